The summed E-state index contributed by atoms with van der Waals surface area (Å²) in [6, 6.07) is 0. The second-order valence-corrected chi connectivity index (χ2v) is 30.6. The summed E-state index contributed by atoms with van der Waals surface area (Å²) >= 11 is 0. The Hall–Kier alpha value is -2.98. The van der Waals surface area contributed by atoms with Crippen molar-refractivity contribution in [3.05, 3.63) is 48.6 Å². The minimum Gasteiger partial charge on any atom is -0.462 e. The maximum Gasteiger partial charge on any atom is 0.472 e. The summed E-state index contributed by atoms with van der Waals surface area (Å²) < 4.78 is 68.6. The summed E-state index contributed by atoms with van der Waals surface area (Å²) in [5.41, 5.74) is 0. The molecule has 4 atom stereocenters. The highest BCUT2D eigenvalue weighted by atomic mass is 31.2. The van der Waals surface area contributed by atoms with Crippen molar-refractivity contribution in [2.45, 2.75) is 406 Å². The highest BCUT2D eigenvalue weighted by molar-refractivity contribution is 7.47. The first-order valence-electron chi connectivity index (χ1n) is 40.9. The van der Waals surface area contributed by atoms with E-state index in [-0.39, 0.29) is 25.7 Å². The number of ether oxygens (including phenoxy) is 4. The summed E-state index contributed by atoms with van der Waals surface area (Å²) in [4.78, 5) is 73.0. The summed E-state index contributed by atoms with van der Waals surface area (Å²) in [5.74, 6) is -2.17. The molecule has 0 spiro atoms. The molecule has 0 heterocycles. The zero-order chi connectivity index (χ0) is 73.2. The molecule has 0 aromatic carbocycles. The molecule has 0 amide bonds. The maximum absolute atomic E-state index is 13.1. The topological polar surface area (TPSA) is 237 Å². The number of allylic oxidation sites excluding steroid dienone is 8. The Morgan fingerprint density at radius 1 is 0.270 bits per heavy atom. The van der Waals surface area contributed by atoms with Gasteiger partial charge in [0.25, 0.3) is 0 Å². The predicted molar refractivity (Wildman–Crippen MR) is 409 cm³/mol. The van der Waals surface area contributed by atoms with E-state index >= 15 is 0 Å². The van der Waals surface area contributed by atoms with E-state index < -0.39 is 97.5 Å². The van der Waals surface area contributed by atoms with Gasteiger partial charge in [-0.25, -0.2) is 9.13 Å². The van der Waals surface area contributed by atoms with Gasteiger partial charge in [0.05, 0.1) is 26.4 Å². The molecule has 19 heteroatoms. The fraction of sp³-hybridized carbons (Fsp3) is 0.852. The third kappa shape index (κ3) is 73.3. The molecular weight excluding hydrogens is 1310 g/mol. The number of aliphatic hydroxyl groups is 1. The van der Waals surface area contributed by atoms with Crippen LogP contribution < -0.4 is 0 Å². The molecule has 4 unspecified atom stereocenters. The average Bonchev–Trinajstić information content (AvgIpc) is 1.01. The molecule has 0 saturated carbocycles. The SMILES string of the molecule is CCCCCCCC/C=C\CCCCCCCC(=O)OCC(COP(=O)(O)OCC(O)COP(=O)(O)OCC(COC(=O)CCCCCCC/C=C\CCCCCCCC)OC(=O)CCCCCCC/C=C\CCCCCCCC)OC(=O)CCCCCCC/C=C\CCCCCCCC. The monoisotopic (exact) mass is 1460 g/mol. The Balaban J connectivity index is 5.34. The first kappa shape index (κ1) is 97.0. The number of carbonyl (C=O) groups is 4. The van der Waals surface area contributed by atoms with Crippen LogP contribution in [-0.4, -0.2) is 96.7 Å². The molecule has 0 aromatic heterocycles. The number of carbonyl (C=O) groups excluding carboxylic acids is 4. The molecule has 0 aromatic rings. The standard InChI is InChI=1S/C81H150O17P2/c1-5-9-13-17-21-25-29-33-37-41-45-49-53-57-61-65-78(83)91-71-76(97-80(85)67-63-59-55-51-47-43-39-35-31-27-23-19-15-11-7-3)73-95-99(87,88)93-69-75(82)70-94-100(89,90)96-74-77(98-81(86)68-64-60-56-52-48-44-40-36-32-28-24-20-16-12-8-4)72-92-79(84)66-62-58-54-50-46-42-38-34-30-26-22-18-14-10-6-2/h33-40,75-77,82H,5-32,41-74H2,1-4H3,(H,87,88)(H,89,90)/b37-33-,38-34-,39-35-,40-36-. The van der Waals surface area contributed by atoms with Crippen LogP contribution >= 0.6 is 15.6 Å². The smallest absolute Gasteiger partial charge is 0.462 e. The Morgan fingerprint density at radius 2 is 0.460 bits per heavy atom. The molecule has 17 nitrogen and oxygen atoms in total. The fourth-order valence-corrected chi connectivity index (χ4v) is 13.0. The van der Waals surface area contributed by atoms with E-state index in [1.807, 2.05) is 0 Å². The van der Waals surface area contributed by atoms with Gasteiger partial charge in [-0.05, 0) is 128 Å². The fourth-order valence-electron chi connectivity index (χ4n) is 11.4. The summed E-state index contributed by atoms with van der Waals surface area (Å²) in [7, 11) is -9.95. The van der Waals surface area contributed by atoms with Crippen LogP contribution in [0, 0.1) is 0 Å². The third-order valence-electron chi connectivity index (χ3n) is 17.7. The van der Waals surface area contributed by atoms with Gasteiger partial charge in [-0.15, -0.1) is 0 Å². The van der Waals surface area contributed by atoms with E-state index in [4.69, 9.17) is 37.0 Å². The number of phosphoric ester groups is 2. The lowest BCUT2D eigenvalue weighted by atomic mass is 10.1. The van der Waals surface area contributed by atoms with Crippen molar-refractivity contribution in [1.82, 2.24) is 0 Å². The van der Waals surface area contributed by atoms with Crippen LogP contribution in [0.25, 0.3) is 0 Å². The van der Waals surface area contributed by atoms with E-state index in [0.29, 0.717) is 25.7 Å². The number of rotatable bonds is 78. The van der Waals surface area contributed by atoms with Crippen LogP contribution in [0.4, 0.5) is 0 Å². The van der Waals surface area contributed by atoms with Gasteiger partial charge in [0.2, 0.25) is 0 Å². The molecule has 0 aliphatic carbocycles. The molecule has 0 radical (unpaired) electrons. The average molecular weight is 1460 g/mol. The molecule has 0 aliphatic rings. The highest BCUT2D eigenvalue weighted by Gasteiger charge is 2.30. The Kier molecular flexibility index (Phi) is 72.1. The number of aliphatic hydroxyl groups excluding tert-OH is 1. The number of unbranched alkanes of at least 4 members (excludes halogenated alkanes) is 44. The molecule has 0 aliphatic heterocycles. The maximum atomic E-state index is 13.1. The second kappa shape index (κ2) is 74.3. The first-order chi connectivity index (χ1) is 48.7. The van der Waals surface area contributed by atoms with Crippen LogP contribution in [0.15, 0.2) is 48.6 Å². The highest BCUT2D eigenvalue weighted by Crippen LogP contribution is 2.45. The molecule has 0 saturated heterocycles. The molecular formula is C81H150O17P2. The lowest BCUT2D eigenvalue weighted by Gasteiger charge is -2.21. The van der Waals surface area contributed by atoms with Crippen molar-refractivity contribution in [1.29, 1.82) is 0 Å². The predicted octanol–water partition coefficient (Wildman–Crippen LogP) is 23.7. The van der Waals surface area contributed by atoms with Gasteiger partial charge in [0.15, 0.2) is 12.2 Å². The van der Waals surface area contributed by atoms with Crippen molar-refractivity contribution < 1.29 is 80.2 Å². The molecule has 100 heavy (non-hydrogen) atoms. The number of hydrogen-bond donors (Lipinski definition) is 3. The molecule has 0 rings (SSSR count). The van der Waals surface area contributed by atoms with Crippen molar-refractivity contribution >= 4 is 39.5 Å². The summed E-state index contributed by atoms with van der Waals surface area (Å²) in [5, 5.41) is 10.6. The first-order valence-corrected chi connectivity index (χ1v) is 43.9. The second-order valence-electron chi connectivity index (χ2n) is 27.7. The zero-order valence-electron chi connectivity index (χ0n) is 64.1. The van der Waals surface area contributed by atoms with Crippen molar-refractivity contribution in [3.63, 3.8) is 0 Å². The van der Waals surface area contributed by atoms with Crippen LogP contribution in [0.1, 0.15) is 387 Å². The molecule has 586 valence electrons. The number of esters is 4. The minimum absolute atomic E-state index is 0.0884. The van der Waals surface area contributed by atoms with Crippen molar-refractivity contribution in [2.75, 3.05) is 39.6 Å². The van der Waals surface area contributed by atoms with Gasteiger partial charge < -0.3 is 33.8 Å². The van der Waals surface area contributed by atoms with Gasteiger partial charge in [-0.3, -0.25) is 37.3 Å². The normalized spacial score (nSPS) is 14.1. The largest absolute Gasteiger partial charge is 0.472 e. The number of hydrogen-bond acceptors (Lipinski definition) is 15. The lowest BCUT2D eigenvalue weighted by Crippen LogP contribution is -2.30. The quantitative estimate of drug-likeness (QED) is 0.0169. The van der Waals surface area contributed by atoms with E-state index in [1.54, 1.807) is 0 Å². The minimum atomic E-state index is -4.97. The van der Waals surface area contributed by atoms with Gasteiger partial charge in [0.1, 0.15) is 19.3 Å². The van der Waals surface area contributed by atoms with Gasteiger partial charge in [-0.1, -0.05) is 282 Å². The van der Waals surface area contributed by atoms with E-state index in [9.17, 15) is 43.2 Å². The Bertz CT molecular complexity index is 1940. The van der Waals surface area contributed by atoms with Crippen LogP contribution in [0.5, 0.6) is 0 Å². The van der Waals surface area contributed by atoms with Crippen LogP contribution in [-0.2, 0) is 65.4 Å². The zero-order valence-corrected chi connectivity index (χ0v) is 65.9. The Morgan fingerprint density at radius 3 is 0.690 bits per heavy atom. The summed E-state index contributed by atoms with van der Waals surface area (Å²) in [6.07, 6.45) is 72.2. The molecule has 0 bridgehead atoms. The van der Waals surface area contributed by atoms with E-state index in [2.05, 4.69) is 76.3 Å². The number of phosphoric acid groups is 2. The molecule has 0 fully saturated rings. The van der Waals surface area contributed by atoms with E-state index in [1.165, 1.54) is 154 Å². The van der Waals surface area contributed by atoms with Crippen molar-refractivity contribution in [3.8, 4) is 0 Å². The van der Waals surface area contributed by atoms with Gasteiger partial charge in [0, 0.05) is 25.7 Å². The summed E-state index contributed by atoms with van der Waals surface area (Å²) in [6.45, 7) is 4.90. The van der Waals surface area contributed by atoms with E-state index in [0.717, 1.165) is 154 Å². The molecule has 3 N–H and O–H groups in total. The van der Waals surface area contributed by atoms with Crippen LogP contribution in [0.3, 0.4) is 0 Å². The van der Waals surface area contributed by atoms with Gasteiger partial charge >= 0.3 is 39.5 Å². The van der Waals surface area contributed by atoms with Crippen LogP contribution in [0.2, 0.25) is 0 Å². The Labute approximate surface area is 610 Å². The van der Waals surface area contributed by atoms with Crippen molar-refractivity contribution in [2.24, 2.45) is 0 Å². The van der Waals surface area contributed by atoms with Gasteiger partial charge in [-0.2, -0.15) is 0 Å². The lowest BCUT2D eigenvalue weighted by molar-refractivity contribution is -0.161. The third-order valence-corrected chi connectivity index (χ3v) is 19.6.